The summed E-state index contributed by atoms with van der Waals surface area (Å²) in [5.41, 5.74) is 1.56. The van der Waals surface area contributed by atoms with Crippen LogP contribution in [0.1, 0.15) is 30.1 Å². The van der Waals surface area contributed by atoms with Gasteiger partial charge in [0.15, 0.2) is 5.78 Å². The number of para-hydroxylation sites is 1. The number of hydrogen-bond acceptors (Lipinski definition) is 3. The minimum atomic E-state index is -0.0815. The number of carbonyl (C=O) groups is 2. The van der Waals surface area contributed by atoms with Crippen LogP contribution in [0.3, 0.4) is 0 Å². The first-order chi connectivity index (χ1) is 10.7. The summed E-state index contributed by atoms with van der Waals surface area (Å²) < 4.78 is 0. The Bertz CT molecular complexity index is 688. The van der Waals surface area contributed by atoms with Crippen molar-refractivity contribution in [2.45, 2.75) is 25.8 Å². The monoisotopic (exact) mass is 299 g/mol. The molecular weight excluding hydrogens is 278 g/mol. The minimum absolute atomic E-state index is 0.0445. The van der Waals surface area contributed by atoms with Gasteiger partial charge in [0.25, 0.3) is 0 Å². The highest BCUT2D eigenvalue weighted by Crippen LogP contribution is 2.25. The van der Waals surface area contributed by atoms with Gasteiger partial charge in [-0.15, -0.1) is 0 Å². The number of amides is 1. The lowest BCUT2D eigenvalue weighted by atomic mass is 10.1. The molecule has 0 spiro atoms. The molecule has 1 aromatic carbocycles. The highest BCUT2D eigenvalue weighted by Gasteiger charge is 2.29. The number of hydrogen-bond donors (Lipinski definition) is 2. The van der Waals surface area contributed by atoms with Crippen molar-refractivity contribution >= 4 is 22.6 Å². The number of rotatable bonds is 7. The Labute approximate surface area is 129 Å². The highest BCUT2D eigenvalue weighted by atomic mass is 16.2. The van der Waals surface area contributed by atoms with E-state index in [1.807, 2.05) is 24.3 Å². The first-order valence-electron chi connectivity index (χ1n) is 7.79. The third-order valence-corrected chi connectivity index (χ3v) is 4.15. The number of nitrogens with one attached hydrogen (secondary N) is 2. The zero-order chi connectivity index (χ0) is 15.5. The topological polar surface area (TPSA) is 65.2 Å². The van der Waals surface area contributed by atoms with E-state index in [9.17, 15) is 9.59 Å². The number of aromatic nitrogens is 1. The molecule has 1 heterocycles. The number of fused-ring (bicyclic) bond motifs is 1. The molecular formula is C17H21N3O2. The van der Waals surface area contributed by atoms with E-state index in [2.05, 4.69) is 22.1 Å². The maximum atomic E-state index is 12.3. The van der Waals surface area contributed by atoms with Crippen LogP contribution >= 0.6 is 0 Å². The van der Waals surface area contributed by atoms with Crippen molar-refractivity contribution in [2.24, 2.45) is 0 Å². The Morgan fingerprint density at radius 2 is 2.09 bits per heavy atom. The number of likely N-dealkylation sites (N-methyl/N-ethyl adjacent to an activating group) is 1. The molecule has 2 N–H and O–H groups in total. The maximum Gasteiger partial charge on any atom is 0.234 e. The fraction of sp³-hybridized carbons (Fsp3) is 0.412. The number of Topliss-reactive ketones (excluding diaryl/α,β-unsaturated/α-hetero) is 1. The predicted molar refractivity (Wildman–Crippen MR) is 85.9 cm³/mol. The molecule has 0 radical (unpaired) electrons. The fourth-order valence-corrected chi connectivity index (χ4v) is 2.76. The predicted octanol–water partition coefficient (Wildman–Crippen LogP) is 1.95. The van der Waals surface area contributed by atoms with Crippen LogP contribution in [-0.4, -0.2) is 47.3 Å². The molecule has 0 saturated heterocycles. The molecule has 0 bridgehead atoms. The Kier molecular flexibility index (Phi) is 4.24. The van der Waals surface area contributed by atoms with E-state index in [1.54, 1.807) is 6.20 Å². The van der Waals surface area contributed by atoms with Gasteiger partial charge in [0.05, 0.1) is 13.1 Å². The smallest absolute Gasteiger partial charge is 0.234 e. The molecule has 1 amide bonds. The van der Waals surface area contributed by atoms with E-state index in [0.29, 0.717) is 18.2 Å². The first kappa shape index (κ1) is 14.8. The number of nitrogens with zero attached hydrogens (tertiary/aromatic N) is 1. The van der Waals surface area contributed by atoms with Gasteiger partial charge in [-0.25, -0.2) is 0 Å². The van der Waals surface area contributed by atoms with E-state index < -0.39 is 0 Å². The van der Waals surface area contributed by atoms with Gasteiger partial charge >= 0.3 is 0 Å². The van der Waals surface area contributed by atoms with E-state index in [-0.39, 0.29) is 18.2 Å². The van der Waals surface area contributed by atoms with Crippen molar-refractivity contribution in [3.63, 3.8) is 0 Å². The SMILES string of the molecule is CCN(CC(=O)NCC(=O)c1c[nH]c2ccccc12)C1CC1. The molecule has 1 fully saturated rings. The second-order valence-electron chi connectivity index (χ2n) is 5.74. The summed E-state index contributed by atoms with van der Waals surface area (Å²) in [7, 11) is 0. The number of H-pyrrole nitrogens is 1. The van der Waals surface area contributed by atoms with E-state index in [4.69, 9.17) is 0 Å². The van der Waals surface area contributed by atoms with Crippen LogP contribution in [0.5, 0.6) is 0 Å². The van der Waals surface area contributed by atoms with Gasteiger partial charge in [0, 0.05) is 28.7 Å². The Morgan fingerprint density at radius 1 is 1.32 bits per heavy atom. The molecule has 22 heavy (non-hydrogen) atoms. The summed E-state index contributed by atoms with van der Waals surface area (Å²) in [6, 6.07) is 8.22. The lowest BCUT2D eigenvalue weighted by molar-refractivity contribution is -0.122. The zero-order valence-corrected chi connectivity index (χ0v) is 12.8. The zero-order valence-electron chi connectivity index (χ0n) is 12.8. The lowest BCUT2D eigenvalue weighted by Crippen LogP contribution is -2.40. The number of benzene rings is 1. The average Bonchev–Trinajstić information content (AvgIpc) is 3.29. The van der Waals surface area contributed by atoms with Crippen molar-refractivity contribution in [1.82, 2.24) is 15.2 Å². The van der Waals surface area contributed by atoms with Crippen LogP contribution in [0, 0.1) is 0 Å². The second kappa shape index (κ2) is 6.32. The lowest BCUT2D eigenvalue weighted by Gasteiger charge is -2.18. The molecule has 3 rings (SSSR count). The summed E-state index contributed by atoms with van der Waals surface area (Å²) in [5, 5.41) is 3.64. The molecule has 1 aliphatic carbocycles. The summed E-state index contributed by atoms with van der Waals surface area (Å²) in [6.45, 7) is 3.35. The molecule has 1 saturated carbocycles. The normalized spacial score (nSPS) is 14.5. The van der Waals surface area contributed by atoms with Gasteiger partial charge in [-0.1, -0.05) is 25.1 Å². The van der Waals surface area contributed by atoms with Crippen LogP contribution in [0.15, 0.2) is 30.5 Å². The molecule has 5 heteroatoms. The number of carbonyl (C=O) groups excluding carboxylic acids is 2. The molecule has 0 aliphatic heterocycles. The molecule has 0 unspecified atom stereocenters. The van der Waals surface area contributed by atoms with Crippen molar-refractivity contribution in [1.29, 1.82) is 0 Å². The molecule has 0 atom stereocenters. The van der Waals surface area contributed by atoms with Crippen molar-refractivity contribution in [2.75, 3.05) is 19.6 Å². The van der Waals surface area contributed by atoms with Crippen LogP contribution in [0.25, 0.3) is 10.9 Å². The molecule has 1 aliphatic rings. The molecule has 1 aromatic heterocycles. The third-order valence-electron chi connectivity index (χ3n) is 4.15. The Balaban J connectivity index is 1.56. The molecule has 116 valence electrons. The van der Waals surface area contributed by atoms with Gasteiger partial charge in [0.2, 0.25) is 5.91 Å². The van der Waals surface area contributed by atoms with E-state index in [1.165, 1.54) is 12.8 Å². The largest absolute Gasteiger partial charge is 0.360 e. The first-order valence-corrected chi connectivity index (χ1v) is 7.79. The average molecular weight is 299 g/mol. The van der Waals surface area contributed by atoms with Crippen LogP contribution in [-0.2, 0) is 4.79 Å². The molecule has 2 aromatic rings. The van der Waals surface area contributed by atoms with Gasteiger partial charge < -0.3 is 10.3 Å². The number of aromatic amines is 1. The second-order valence-corrected chi connectivity index (χ2v) is 5.74. The maximum absolute atomic E-state index is 12.3. The van der Waals surface area contributed by atoms with Crippen LogP contribution < -0.4 is 5.32 Å². The minimum Gasteiger partial charge on any atom is -0.360 e. The van der Waals surface area contributed by atoms with E-state index >= 15 is 0 Å². The third kappa shape index (κ3) is 3.20. The van der Waals surface area contributed by atoms with Crippen LogP contribution in [0.2, 0.25) is 0 Å². The Hall–Kier alpha value is -2.14. The van der Waals surface area contributed by atoms with Gasteiger partial charge in [0.1, 0.15) is 0 Å². The summed E-state index contributed by atoms with van der Waals surface area (Å²) in [6.07, 6.45) is 4.06. The fourth-order valence-electron chi connectivity index (χ4n) is 2.76. The van der Waals surface area contributed by atoms with Crippen LogP contribution in [0.4, 0.5) is 0 Å². The highest BCUT2D eigenvalue weighted by molar-refractivity contribution is 6.09. The Morgan fingerprint density at radius 3 is 2.82 bits per heavy atom. The summed E-state index contributed by atoms with van der Waals surface area (Å²) >= 11 is 0. The van der Waals surface area contributed by atoms with Gasteiger partial charge in [-0.3, -0.25) is 14.5 Å². The van der Waals surface area contributed by atoms with Gasteiger partial charge in [-0.05, 0) is 25.5 Å². The van der Waals surface area contributed by atoms with E-state index in [0.717, 1.165) is 17.4 Å². The quantitative estimate of drug-likeness (QED) is 0.768. The number of ketones is 1. The van der Waals surface area contributed by atoms with Crippen molar-refractivity contribution in [3.8, 4) is 0 Å². The van der Waals surface area contributed by atoms with Gasteiger partial charge in [-0.2, -0.15) is 0 Å². The summed E-state index contributed by atoms with van der Waals surface area (Å²) in [5.74, 6) is -0.151. The standard InChI is InChI=1S/C17H21N3O2/c1-2-20(12-7-8-12)11-17(22)19-10-16(21)14-9-18-15-6-4-3-5-13(14)15/h3-6,9,12,18H,2,7-8,10-11H2,1H3,(H,19,22). The molecule has 5 nitrogen and oxygen atoms in total. The van der Waals surface area contributed by atoms with Crippen molar-refractivity contribution < 1.29 is 9.59 Å². The van der Waals surface area contributed by atoms with Crippen molar-refractivity contribution in [3.05, 3.63) is 36.0 Å². The summed E-state index contributed by atoms with van der Waals surface area (Å²) in [4.78, 5) is 29.5.